The van der Waals surface area contributed by atoms with Crippen molar-refractivity contribution in [3.8, 4) is 11.3 Å². The predicted octanol–water partition coefficient (Wildman–Crippen LogP) is 5.54. The minimum absolute atomic E-state index is 0.0610. The lowest BCUT2D eigenvalue weighted by Gasteiger charge is -2.28. The Kier molecular flexibility index (Phi) is 3.36. The van der Waals surface area contributed by atoms with Crippen LogP contribution in [0.4, 0.5) is 17.1 Å². The summed E-state index contributed by atoms with van der Waals surface area (Å²) in [6.07, 6.45) is -0.197. The molecule has 1 aromatic heterocycles. The molecule has 6 heteroatoms. The zero-order valence-electron chi connectivity index (χ0n) is 14.2. The highest BCUT2D eigenvalue weighted by molar-refractivity contribution is 6.04. The normalized spacial score (nSPS) is 13.2. The van der Waals surface area contributed by atoms with Gasteiger partial charge >= 0.3 is 0 Å². The molecular weight excluding hydrogens is 342 g/mol. The highest BCUT2D eigenvalue weighted by atomic mass is 16.6. The molecule has 0 radical (unpaired) electrons. The number of benzene rings is 3. The second kappa shape index (κ2) is 5.88. The number of nitrogens with zero attached hydrogens (tertiary/aromatic N) is 1. The van der Waals surface area contributed by atoms with E-state index in [4.69, 9.17) is 4.42 Å². The summed E-state index contributed by atoms with van der Waals surface area (Å²) < 4.78 is 6.03. The summed E-state index contributed by atoms with van der Waals surface area (Å²) >= 11 is 0. The smallest absolute Gasteiger partial charge is 0.269 e. The molecule has 0 saturated carbocycles. The number of furan rings is 1. The van der Waals surface area contributed by atoms with Crippen molar-refractivity contribution >= 4 is 27.8 Å². The van der Waals surface area contributed by atoms with Gasteiger partial charge in [-0.25, -0.2) is 0 Å². The molecule has 2 N–H and O–H groups in total. The Bertz CT molecular complexity index is 1120. The molecule has 3 aromatic carbocycles. The number of rotatable bonds is 3. The van der Waals surface area contributed by atoms with E-state index >= 15 is 0 Å². The lowest BCUT2D eigenvalue weighted by molar-refractivity contribution is -0.384. The molecule has 0 fully saturated rings. The molecule has 2 heterocycles. The predicted molar refractivity (Wildman–Crippen MR) is 105 cm³/mol. The number of nitro benzene ring substituents is 1. The third kappa shape index (κ3) is 2.58. The van der Waals surface area contributed by atoms with E-state index in [0.29, 0.717) is 5.76 Å². The Hall–Kier alpha value is -3.80. The second-order valence-corrected chi connectivity index (χ2v) is 6.44. The van der Waals surface area contributed by atoms with Crippen LogP contribution < -0.4 is 10.6 Å². The maximum atomic E-state index is 10.8. The molecule has 0 atom stereocenters. The zero-order valence-corrected chi connectivity index (χ0v) is 14.2. The molecule has 1 aliphatic rings. The Balaban J connectivity index is 1.46. The Morgan fingerprint density at radius 2 is 1.52 bits per heavy atom. The summed E-state index contributed by atoms with van der Waals surface area (Å²) in [7, 11) is 0. The van der Waals surface area contributed by atoms with Crippen molar-refractivity contribution in [2.75, 3.05) is 10.6 Å². The maximum Gasteiger partial charge on any atom is 0.269 e. The number of non-ortho nitro benzene ring substituents is 1. The molecule has 0 unspecified atom stereocenters. The van der Waals surface area contributed by atoms with Crippen molar-refractivity contribution < 1.29 is 9.34 Å². The highest BCUT2D eigenvalue weighted by Crippen LogP contribution is 2.39. The van der Waals surface area contributed by atoms with Gasteiger partial charge in [-0.15, -0.1) is 0 Å². The molecule has 4 aromatic rings. The van der Waals surface area contributed by atoms with Gasteiger partial charge in [-0.1, -0.05) is 24.3 Å². The lowest BCUT2D eigenvalue weighted by Crippen LogP contribution is -2.23. The van der Waals surface area contributed by atoms with Crippen LogP contribution in [0.2, 0.25) is 0 Å². The molecule has 0 bridgehead atoms. The fraction of sp³-hybridized carbons (Fsp3) is 0.0476. The van der Waals surface area contributed by atoms with Gasteiger partial charge in [0.2, 0.25) is 0 Å². The van der Waals surface area contributed by atoms with Crippen LogP contribution in [0.5, 0.6) is 0 Å². The SMILES string of the molecule is O=[N+]([O-])c1ccc(-c2ccc(C3Nc4cccc5cccc(c45)N3)o2)cc1. The minimum atomic E-state index is -0.411. The van der Waals surface area contributed by atoms with Gasteiger partial charge in [0.25, 0.3) is 5.69 Å². The molecule has 0 aliphatic carbocycles. The summed E-state index contributed by atoms with van der Waals surface area (Å²) in [4.78, 5) is 10.4. The van der Waals surface area contributed by atoms with Gasteiger partial charge in [0.05, 0.1) is 4.92 Å². The fourth-order valence-corrected chi connectivity index (χ4v) is 3.48. The molecule has 132 valence electrons. The van der Waals surface area contributed by atoms with Gasteiger partial charge in [-0.2, -0.15) is 0 Å². The average Bonchev–Trinajstić information content (AvgIpc) is 3.19. The van der Waals surface area contributed by atoms with Crippen LogP contribution in [0.1, 0.15) is 11.9 Å². The van der Waals surface area contributed by atoms with Gasteiger partial charge in [0.1, 0.15) is 11.5 Å². The number of nitro groups is 1. The topological polar surface area (TPSA) is 80.3 Å². The van der Waals surface area contributed by atoms with Gasteiger partial charge in [0.15, 0.2) is 6.17 Å². The Morgan fingerprint density at radius 1 is 0.852 bits per heavy atom. The van der Waals surface area contributed by atoms with Crippen LogP contribution in [-0.2, 0) is 0 Å². The zero-order chi connectivity index (χ0) is 18.4. The largest absolute Gasteiger partial charge is 0.457 e. The van der Waals surface area contributed by atoms with Crippen molar-refractivity contribution in [3.05, 3.63) is 88.7 Å². The summed E-state index contributed by atoms with van der Waals surface area (Å²) in [5.41, 5.74) is 2.97. The van der Waals surface area contributed by atoms with Crippen molar-refractivity contribution in [2.45, 2.75) is 6.17 Å². The summed E-state index contributed by atoms with van der Waals surface area (Å²) in [5.74, 6) is 1.41. The standard InChI is InChI=1S/C21H15N3O3/c25-24(26)15-9-7-13(8-10-15)18-11-12-19(27-18)21-22-16-5-1-3-14-4-2-6-17(23-21)20(14)16/h1-12,21-23H. The first-order chi connectivity index (χ1) is 13.2. The highest BCUT2D eigenvalue weighted by Gasteiger charge is 2.23. The minimum Gasteiger partial charge on any atom is -0.457 e. The summed E-state index contributed by atoms with van der Waals surface area (Å²) in [5, 5.41) is 20.1. The quantitative estimate of drug-likeness (QED) is 0.371. The summed E-state index contributed by atoms with van der Waals surface area (Å²) in [6.45, 7) is 0. The molecule has 5 rings (SSSR count). The monoisotopic (exact) mass is 357 g/mol. The van der Waals surface area contributed by atoms with Crippen LogP contribution in [0.15, 0.2) is 77.2 Å². The van der Waals surface area contributed by atoms with E-state index < -0.39 is 4.92 Å². The molecular formula is C21H15N3O3. The molecule has 0 saturated heterocycles. The first-order valence-electron chi connectivity index (χ1n) is 8.58. The average molecular weight is 357 g/mol. The van der Waals surface area contributed by atoms with Crippen molar-refractivity contribution in [1.82, 2.24) is 0 Å². The maximum absolute atomic E-state index is 10.8. The van der Waals surface area contributed by atoms with Crippen molar-refractivity contribution in [3.63, 3.8) is 0 Å². The number of anilines is 2. The Labute approximate surface area is 154 Å². The van der Waals surface area contributed by atoms with E-state index in [-0.39, 0.29) is 11.9 Å². The van der Waals surface area contributed by atoms with Crippen LogP contribution in [-0.4, -0.2) is 4.92 Å². The molecule has 0 amide bonds. The second-order valence-electron chi connectivity index (χ2n) is 6.44. The van der Waals surface area contributed by atoms with Crippen LogP contribution >= 0.6 is 0 Å². The molecule has 6 nitrogen and oxygen atoms in total. The van der Waals surface area contributed by atoms with Crippen LogP contribution in [0.3, 0.4) is 0 Å². The van der Waals surface area contributed by atoms with Gasteiger partial charge in [-0.3, -0.25) is 10.1 Å². The Morgan fingerprint density at radius 3 is 2.15 bits per heavy atom. The van der Waals surface area contributed by atoms with E-state index in [1.54, 1.807) is 12.1 Å². The third-order valence-electron chi connectivity index (χ3n) is 4.78. The van der Waals surface area contributed by atoms with Crippen molar-refractivity contribution in [1.29, 1.82) is 0 Å². The third-order valence-corrected chi connectivity index (χ3v) is 4.78. The molecule has 0 spiro atoms. The number of nitrogens with one attached hydrogen (secondary N) is 2. The van der Waals surface area contributed by atoms with Gasteiger partial charge in [0, 0.05) is 34.5 Å². The molecule has 1 aliphatic heterocycles. The van der Waals surface area contributed by atoms with Crippen LogP contribution in [0.25, 0.3) is 22.1 Å². The van der Waals surface area contributed by atoms with E-state index in [9.17, 15) is 10.1 Å². The number of hydrogen-bond donors (Lipinski definition) is 2. The van der Waals surface area contributed by atoms with E-state index in [1.807, 2.05) is 24.3 Å². The van der Waals surface area contributed by atoms with Crippen LogP contribution in [0, 0.1) is 10.1 Å². The summed E-state index contributed by atoms with van der Waals surface area (Å²) in [6, 6.07) is 22.5. The number of hydrogen-bond acceptors (Lipinski definition) is 5. The van der Waals surface area contributed by atoms with E-state index in [0.717, 1.165) is 22.7 Å². The first-order valence-corrected chi connectivity index (χ1v) is 8.58. The van der Waals surface area contributed by atoms with Crippen molar-refractivity contribution in [2.24, 2.45) is 0 Å². The molecule has 27 heavy (non-hydrogen) atoms. The first kappa shape index (κ1) is 15.5. The van der Waals surface area contributed by atoms with E-state index in [1.165, 1.54) is 22.9 Å². The van der Waals surface area contributed by atoms with Gasteiger partial charge in [-0.05, 0) is 41.8 Å². The van der Waals surface area contributed by atoms with Gasteiger partial charge < -0.3 is 15.1 Å². The lowest BCUT2D eigenvalue weighted by atomic mass is 10.0. The fourth-order valence-electron chi connectivity index (χ4n) is 3.48. The van der Waals surface area contributed by atoms with E-state index in [2.05, 4.69) is 34.9 Å².